The van der Waals surface area contributed by atoms with Crippen LogP contribution in [0.25, 0.3) is 11.0 Å². The van der Waals surface area contributed by atoms with Crippen molar-refractivity contribution < 1.29 is 13.9 Å². The number of H-pyrrole nitrogens is 1. The molecule has 1 N–H and O–H groups in total. The molecular weight excluding hydrogens is 283 g/mol. The number of carbonyl (C=O) groups is 1. The van der Waals surface area contributed by atoms with Gasteiger partial charge in [-0.3, -0.25) is 0 Å². The average molecular weight is 291 g/mol. The van der Waals surface area contributed by atoms with E-state index < -0.39 is 11.8 Å². The highest BCUT2D eigenvalue weighted by Crippen LogP contribution is 2.23. The lowest BCUT2D eigenvalue weighted by atomic mass is 10.2. The topological polar surface area (TPSA) is 55.0 Å². The van der Waals surface area contributed by atoms with E-state index in [0.717, 1.165) is 17.1 Å². The predicted molar refractivity (Wildman–Crippen MR) is 72.5 cm³/mol. The summed E-state index contributed by atoms with van der Waals surface area (Å²) in [7, 11) is 0. The number of imidazole rings is 1. The van der Waals surface area contributed by atoms with Crippen LogP contribution in [0.2, 0.25) is 5.02 Å². The minimum Gasteiger partial charge on any atom is -0.423 e. The van der Waals surface area contributed by atoms with Crippen LogP contribution in [0.5, 0.6) is 5.75 Å². The van der Waals surface area contributed by atoms with E-state index in [0.29, 0.717) is 0 Å². The van der Waals surface area contributed by atoms with Gasteiger partial charge in [-0.15, -0.1) is 0 Å². The van der Waals surface area contributed by atoms with E-state index >= 15 is 0 Å². The number of nitrogens with one attached hydrogen (secondary N) is 1. The van der Waals surface area contributed by atoms with E-state index in [-0.39, 0.29) is 16.3 Å². The van der Waals surface area contributed by atoms with Gasteiger partial charge in [-0.1, -0.05) is 17.7 Å². The molecular formula is C14H8ClFN2O2. The maximum atomic E-state index is 13.6. The van der Waals surface area contributed by atoms with Gasteiger partial charge in [0, 0.05) is 6.07 Å². The second-order valence-corrected chi connectivity index (χ2v) is 4.47. The molecule has 0 saturated heterocycles. The van der Waals surface area contributed by atoms with Crippen molar-refractivity contribution in [3.8, 4) is 5.75 Å². The molecule has 0 aliphatic carbocycles. The summed E-state index contributed by atoms with van der Waals surface area (Å²) in [5.74, 6) is -1.27. The Kier molecular flexibility index (Phi) is 3.12. The zero-order chi connectivity index (χ0) is 14.1. The van der Waals surface area contributed by atoms with Crippen molar-refractivity contribution in [3.63, 3.8) is 0 Å². The van der Waals surface area contributed by atoms with Crippen LogP contribution in [-0.2, 0) is 0 Å². The Morgan fingerprint density at radius 2 is 2.15 bits per heavy atom. The van der Waals surface area contributed by atoms with Crippen LogP contribution in [-0.4, -0.2) is 15.9 Å². The zero-order valence-corrected chi connectivity index (χ0v) is 10.8. The molecule has 1 aromatic heterocycles. The molecule has 0 aliphatic rings. The highest BCUT2D eigenvalue weighted by atomic mass is 35.5. The SMILES string of the molecule is O=C(Oc1ccc2nc[nH]c2c1)c1c(F)cccc1Cl. The zero-order valence-electron chi connectivity index (χ0n) is 10.1. The smallest absolute Gasteiger partial charge is 0.348 e. The highest BCUT2D eigenvalue weighted by molar-refractivity contribution is 6.33. The van der Waals surface area contributed by atoms with Gasteiger partial charge in [-0.25, -0.2) is 14.2 Å². The highest BCUT2D eigenvalue weighted by Gasteiger charge is 2.18. The Hall–Kier alpha value is -2.40. The maximum absolute atomic E-state index is 13.6. The molecule has 0 amide bonds. The number of carbonyl (C=O) groups excluding carboxylic acids is 1. The third-order valence-corrected chi connectivity index (χ3v) is 3.08. The number of hydrogen-bond acceptors (Lipinski definition) is 3. The number of benzene rings is 2. The molecule has 0 aliphatic heterocycles. The van der Waals surface area contributed by atoms with Gasteiger partial charge in [0.15, 0.2) is 0 Å². The van der Waals surface area contributed by atoms with E-state index in [9.17, 15) is 9.18 Å². The van der Waals surface area contributed by atoms with Crippen molar-refractivity contribution in [1.82, 2.24) is 9.97 Å². The number of fused-ring (bicyclic) bond motifs is 1. The Morgan fingerprint density at radius 1 is 1.30 bits per heavy atom. The molecule has 3 aromatic rings. The first-order valence-corrected chi connectivity index (χ1v) is 6.12. The summed E-state index contributed by atoms with van der Waals surface area (Å²) in [5, 5.41) is 0.0117. The maximum Gasteiger partial charge on any atom is 0.348 e. The number of nitrogens with zero attached hydrogens (tertiary/aromatic N) is 1. The van der Waals surface area contributed by atoms with E-state index in [1.54, 1.807) is 18.2 Å². The van der Waals surface area contributed by atoms with Crippen LogP contribution in [0.15, 0.2) is 42.7 Å². The van der Waals surface area contributed by atoms with Crippen molar-refractivity contribution in [2.45, 2.75) is 0 Å². The summed E-state index contributed by atoms with van der Waals surface area (Å²) in [5.41, 5.74) is 1.18. The number of aromatic nitrogens is 2. The Labute approximate surface area is 118 Å². The van der Waals surface area contributed by atoms with Gasteiger partial charge in [0.05, 0.1) is 22.4 Å². The first kappa shape index (κ1) is 12.6. The van der Waals surface area contributed by atoms with E-state index in [2.05, 4.69) is 9.97 Å². The molecule has 3 rings (SSSR count). The van der Waals surface area contributed by atoms with Gasteiger partial charge < -0.3 is 9.72 Å². The first-order chi connectivity index (χ1) is 9.65. The first-order valence-electron chi connectivity index (χ1n) is 5.74. The summed E-state index contributed by atoms with van der Waals surface area (Å²) in [6, 6.07) is 8.88. The number of aromatic amines is 1. The summed E-state index contributed by atoms with van der Waals surface area (Å²) in [6.45, 7) is 0. The molecule has 0 spiro atoms. The fourth-order valence-corrected chi connectivity index (χ4v) is 2.07. The fourth-order valence-electron chi connectivity index (χ4n) is 1.83. The third-order valence-electron chi connectivity index (χ3n) is 2.77. The van der Waals surface area contributed by atoms with Gasteiger partial charge in [0.2, 0.25) is 0 Å². The Morgan fingerprint density at radius 3 is 2.95 bits per heavy atom. The van der Waals surface area contributed by atoms with Crippen molar-refractivity contribution in [2.24, 2.45) is 0 Å². The minimum atomic E-state index is -0.841. The van der Waals surface area contributed by atoms with Gasteiger partial charge in [0.25, 0.3) is 0 Å². The molecule has 0 radical (unpaired) electrons. The van der Waals surface area contributed by atoms with Gasteiger partial charge >= 0.3 is 5.97 Å². The van der Waals surface area contributed by atoms with Crippen LogP contribution in [0.1, 0.15) is 10.4 Å². The van der Waals surface area contributed by atoms with E-state index in [4.69, 9.17) is 16.3 Å². The molecule has 0 saturated carbocycles. The van der Waals surface area contributed by atoms with Crippen molar-refractivity contribution >= 4 is 28.6 Å². The summed E-state index contributed by atoms with van der Waals surface area (Å²) < 4.78 is 18.7. The molecule has 0 bridgehead atoms. The molecule has 2 aromatic carbocycles. The quantitative estimate of drug-likeness (QED) is 0.580. The minimum absolute atomic E-state index is 0.0117. The molecule has 1 heterocycles. The number of hydrogen-bond donors (Lipinski definition) is 1. The molecule has 0 atom stereocenters. The predicted octanol–water partition coefficient (Wildman–Crippen LogP) is 3.57. The van der Waals surface area contributed by atoms with Crippen molar-refractivity contribution in [3.05, 3.63) is 59.1 Å². The van der Waals surface area contributed by atoms with Gasteiger partial charge in [-0.05, 0) is 24.3 Å². The molecule has 0 unspecified atom stereocenters. The largest absolute Gasteiger partial charge is 0.423 e. The molecule has 4 nitrogen and oxygen atoms in total. The Bertz CT molecular complexity index is 780. The molecule has 0 fully saturated rings. The summed E-state index contributed by atoms with van der Waals surface area (Å²) >= 11 is 5.81. The number of esters is 1. The number of ether oxygens (including phenoxy) is 1. The van der Waals surface area contributed by atoms with Crippen LogP contribution >= 0.6 is 11.6 Å². The van der Waals surface area contributed by atoms with Gasteiger partial charge in [0.1, 0.15) is 17.1 Å². The van der Waals surface area contributed by atoms with Crippen LogP contribution < -0.4 is 4.74 Å². The Balaban J connectivity index is 1.92. The van der Waals surface area contributed by atoms with Gasteiger partial charge in [-0.2, -0.15) is 0 Å². The van der Waals surface area contributed by atoms with Crippen molar-refractivity contribution in [1.29, 1.82) is 0 Å². The molecule has 100 valence electrons. The lowest BCUT2D eigenvalue weighted by molar-refractivity contribution is 0.0730. The lowest BCUT2D eigenvalue weighted by Crippen LogP contribution is -2.11. The fraction of sp³-hybridized carbons (Fsp3) is 0. The van der Waals surface area contributed by atoms with Crippen LogP contribution in [0, 0.1) is 5.82 Å². The standard InChI is InChI=1S/C14H8ClFN2O2/c15-9-2-1-3-10(16)13(9)14(19)20-8-4-5-11-12(6-8)18-7-17-11/h1-7H,(H,17,18). The summed E-state index contributed by atoms with van der Waals surface area (Å²) in [4.78, 5) is 18.9. The van der Waals surface area contributed by atoms with Crippen LogP contribution in [0.4, 0.5) is 4.39 Å². The van der Waals surface area contributed by atoms with E-state index in [1.165, 1.54) is 18.5 Å². The summed E-state index contributed by atoms with van der Waals surface area (Å²) in [6.07, 6.45) is 1.53. The van der Waals surface area contributed by atoms with E-state index in [1.807, 2.05) is 0 Å². The normalized spacial score (nSPS) is 10.7. The number of rotatable bonds is 2. The molecule has 20 heavy (non-hydrogen) atoms. The monoisotopic (exact) mass is 290 g/mol. The third kappa shape index (κ3) is 2.23. The second kappa shape index (κ2) is 4.94. The average Bonchev–Trinajstić information content (AvgIpc) is 2.85. The van der Waals surface area contributed by atoms with Crippen LogP contribution in [0.3, 0.4) is 0 Å². The van der Waals surface area contributed by atoms with Crippen molar-refractivity contribution in [2.75, 3.05) is 0 Å². The molecule has 6 heteroatoms. The number of halogens is 2. The lowest BCUT2D eigenvalue weighted by Gasteiger charge is -2.06. The second-order valence-electron chi connectivity index (χ2n) is 4.07.